The number of aromatic nitrogens is 3. The van der Waals surface area contributed by atoms with Crippen LogP contribution < -0.4 is 5.32 Å². The molecule has 0 atom stereocenters. The molecule has 0 saturated heterocycles. The summed E-state index contributed by atoms with van der Waals surface area (Å²) in [6.07, 6.45) is 3.93. The van der Waals surface area contributed by atoms with Crippen molar-refractivity contribution in [2.75, 3.05) is 25.0 Å². The van der Waals surface area contributed by atoms with E-state index < -0.39 is 0 Å². The molecule has 1 aliphatic heterocycles. The lowest BCUT2D eigenvalue weighted by molar-refractivity contribution is 0.0787. The van der Waals surface area contributed by atoms with Crippen molar-refractivity contribution in [2.24, 2.45) is 0 Å². The van der Waals surface area contributed by atoms with Crippen LogP contribution in [0.3, 0.4) is 0 Å². The van der Waals surface area contributed by atoms with Crippen molar-refractivity contribution in [3.8, 4) is 11.5 Å². The Morgan fingerprint density at radius 1 is 1.09 bits per heavy atom. The Balaban J connectivity index is 1.53. The van der Waals surface area contributed by atoms with Crippen LogP contribution in [0.5, 0.6) is 0 Å². The van der Waals surface area contributed by atoms with Gasteiger partial charge in [0, 0.05) is 44.5 Å². The molecule has 0 radical (unpaired) electrons. The smallest absolute Gasteiger partial charge is 0.180 e. The number of ether oxygens (including phenoxy) is 1. The van der Waals surface area contributed by atoms with Gasteiger partial charge in [-0.15, -0.1) is 0 Å². The van der Waals surface area contributed by atoms with Gasteiger partial charge in [-0.2, -0.15) is 0 Å². The Morgan fingerprint density at radius 2 is 1.94 bits per heavy atom. The second-order valence-corrected chi connectivity index (χ2v) is 8.68. The summed E-state index contributed by atoms with van der Waals surface area (Å²) in [5.74, 6) is 1.62. The second-order valence-electron chi connectivity index (χ2n) is 8.68. The van der Waals surface area contributed by atoms with Gasteiger partial charge in [0.1, 0.15) is 11.5 Å². The molecular weight excluding hydrogens is 398 g/mol. The van der Waals surface area contributed by atoms with E-state index in [9.17, 15) is 0 Å². The van der Waals surface area contributed by atoms with Crippen molar-refractivity contribution in [3.63, 3.8) is 0 Å². The molecule has 168 valence electrons. The predicted octanol–water partition coefficient (Wildman–Crippen LogP) is 4.63. The van der Waals surface area contributed by atoms with Crippen LogP contribution in [0.4, 0.5) is 5.82 Å². The lowest BCUT2D eigenvalue weighted by atomic mass is 10.0. The largest absolute Gasteiger partial charge is 0.379 e. The number of hydrogen-bond donors (Lipinski definition) is 1. The normalized spacial score (nSPS) is 13.9. The van der Waals surface area contributed by atoms with E-state index in [4.69, 9.17) is 14.7 Å². The highest BCUT2D eigenvalue weighted by Gasteiger charge is 2.23. The molecule has 1 N–H and O–H groups in total. The third-order valence-corrected chi connectivity index (χ3v) is 5.63. The van der Waals surface area contributed by atoms with Crippen molar-refractivity contribution < 1.29 is 4.74 Å². The monoisotopic (exact) mass is 431 g/mol. The Labute approximate surface area is 191 Å². The summed E-state index contributed by atoms with van der Waals surface area (Å²) < 4.78 is 5.67. The average molecular weight is 432 g/mol. The zero-order chi connectivity index (χ0) is 22.3. The van der Waals surface area contributed by atoms with Crippen molar-refractivity contribution in [2.45, 2.75) is 52.8 Å². The van der Waals surface area contributed by atoms with Crippen LogP contribution in [0.1, 0.15) is 42.7 Å². The standard InChI is InChI=1S/C26H33N5O/c1-19(2)32-16-6-14-28-25-22-12-15-31(17-21-10-8-20(3)9-11-21)18-24(22)29-26(30-25)23-7-4-5-13-27-23/h4-5,7-11,13,19H,6,12,14-18H2,1-3H3,(H,28,29,30). The Hall–Kier alpha value is -2.83. The zero-order valence-electron chi connectivity index (χ0n) is 19.3. The van der Waals surface area contributed by atoms with E-state index in [2.05, 4.69) is 60.2 Å². The van der Waals surface area contributed by atoms with E-state index in [0.29, 0.717) is 5.82 Å². The quantitative estimate of drug-likeness (QED) is 0.498. The molecule has 0 bridgehead atoms. The molecule has 2 aromatic heterocycles. The first-order valence-corrected chi connectivity index (χ1v) is 11.5. The van der Waals surface area contributed by atoms with Crippen LogP contribution in [-0.4, -0.2) is 45.7 Å². The molecule has 1 aromatic carbocycles. The Bertz CT molecular complexity index is 1000. The number of aryl methyl sites for hydroxylation is 1. The summed E-state index contributed by atoms with van der Waals surface area (Å²) in [6.45, 7) is 10.6. The number of benzene rings is 1. The van der Waals surface area contributed by atoms with Crippen LogP contribution in [0.2, 0.25) is 0 Å². The van der Waals surface area contributed by atoms with Gasteiger partial charge in [-0.1, -0.05) is 35.9 Å². The summed E-state index contributed by atoms with van der Waals surface area (Å²) >= 11 is 0. The van der Waals surface area contributed by atoms with E-state index >= 15 is 0 Å². The highest BCUT2D eigenvalue weighted by molar-refractivity contribution is 5.57. The van der Waals surface area contributed by atoms with Crippen LogP contribution >= 0.6 is 0 Å². The molecule has 4 rings (SSSR count). The van der Waals surface area contributed by atoms with Crippen LogP contribution in [0, 0.1) is 6.92 Å². The first-order valence-electron chi connectivity index (χ1n) is 11.5. The highest BCUT2D eigenvalue weighted by Crippen LogP contribution is 2.27. The molecule has 6 nitrogen and oxygen atoms in total. The maximum atomic E-state index is 5.67. The fourth-order valence-electron chi connectivity index (χ4n) is 3.93. The molecule has 0 spiro atoms. The van der Waals surface area contributed by atoms with Crippen LogP contribution in [0.25, 0.3) is 11.5 Å². The molecule has 0 amide bonds. The summed E-state index contributed by atoms with van der Waals surface area (Å²) in [5, 5.41) is 3.55. The number of pyridine rings is 1. The minimum atomic E-state index is 0.261. The molecule has 3 heterocycles. The summed E-state index contributed by atoms with van der Waals surface area (Å²) in [7, 11) is 0. The molecule has 0 fully saturated rings. The molecule has 0 aliphatic carbocycles. The first-order chi connectivity index (χ1) is 15.6. The third kappa shape index (κ3) is 5.90. The minimum Gasteiger partial charge on any atom is -0.379 e. The first kappa shape index (κ1) is 22.4. The topological polar surface area (TPSA) is 63.2 Å². The molecule has 32 heavy (non-hydrogen) atoms. The van der Waals surface area contributed by atoms with Gasteiger partial charge >= 0.3 is 0 Å². The maximum Gasteiger partial charge on any atom is 0.180 e. The van der Waals surface area contributed by atoms with Crippen molar-refractivity contribution >= 4 is 5.82 Å². The fourth-order valence-corrected chi connectivity index (χ4v) is 3.93. The van der Waals surface area contributed by atoms with E-state index in [-0.39, 0.29) is 6.10 Å². The van der Waals surface area contributed by atoms with Gasteiger partial charge in [-0.05, 0) is 51.3 Å². The third-order valence-electron chi connectivity index (χ3n) is 5.63. The molecule has 3 aromatic rings. The lowest BCUT2D eigenvalue weighted by Crippen LogP contribution is -2.32. The summed E-state index contributed by atoms with van der Waals surface area (Å²) in [6, 6.07) is 14.7. The minimum absolute atomic E-state index is 0.261. The van der Waals surface area contributed by atoms with Crippen molar-refractivity contribution in [1.29, 1.82) is 0 Å². The van der Waals surface area contributed by atoms with Gasteiger partial charge in [0.2, 0.25) is 0 Å². The molecule has 0 saturated carbocycles. The van der Waals surface area contributed by atoms with Gasteiger partial charge in [0.25, 0.3) is 0 Å². The second kappa shape index (κ2) is 10.7. The maximum absolute atomic E-state index is 5.67. The van der Waals surface area contributed by atoms with Crippen LogP contribution in [0.15, 0.2) is 48.7 Å². The highest BCUT2D eigenvalue weighted by atomic mass is 16.5. The fraction of sp³-hybridized carbons (Fsp3) is 0.423. The Morgan fingerprint density at radius 3 is 2.69 bits per heavy atom. The van der Waals surface area contributed by atoms with E-state index in [0.717, 1.165) is 62.8 Å². The number of hydrogen-bond acceptors (Lipinski definition) is 6. The van der Waals surface area contributed by atoms with Crippen molar-refractivity contribution in [1.82, 2.24) is 19.9 Å². The number of nitrogens with one attached hydrogen (secondary N) is 1. The van der Waals surface area contributed by atoms with Gasteiger partial charge in [-0.25, -0.2) is 9.97 Å². The lowest BCUT2D eigenvalue weighted by Gasteiger charge is -2.29. The molecule has 6 heteroatoms. The van der Waals surface area contributed by atoms with Crippen molar-refractivity contribution in [3.05, 3.63) is 71.0 Å². The number of fused-ring (bicyclic) bond motifs is 1. The summed E-state index contributed by atoms with van der Waals surface area (Å²) in [5.41, 5.74) is 5.76. The SMILES string of the molecule is Cc1ccc(CN2CCc3c(nc(-c4ccccn4)nc3NCCCOC(C)C)C2)cc1. The Kier molecular flexibility index (Phi) is 7.45. The predicted molar refractivity (Wildman–Crippen MR) is 128 cm³/mol. The zero-order valence-corrected chi connectivity index (χ0v) is 19.3. The van der Waals surface area contributed by atoms with E-state index in [1.54, 1.807) is 6.20 Å². The van der Waals surface area contributed by atoms with Gasteiger partial charge in [-0.3, -0.25) is 9.88 Å². The number of anilines is 1. The van der Waals surface area contributed by atoms with E-state index in [1.807, 2.05) is 18.2 Å². The average Bonchev–Trinajstić information content (AvgIpc) is 2.80. The van der Waals surface area contributed by atoms with Gasteiger partial charge < -0.3 is 10.1 Å². The van der Waals surface area contributed by atoms with Crippen LogP contribution in [-0.2, 0) is 24.2 Å². The molecular formula is C26H33N5O. The molecule has 1 aliphatic rings. The van der Waals surface area contributed by atoms with Gasteiger partial charge in [0.05, 0.1) is 11.8 Å². The summed E-state index contributed by atoms with van der Waals surface area (Å²) in [4.78, 5) is 16.7. The van der Waals surface area contributed by atoms with E-state index in [1.165, 1.54) is 16.7 Å². The number of nitrogens with zero attached hydrogens (tertiary/aromatic N) is 4. The number of rotatable bonds is 9. The van der Waals surface area contributed by atoms with Gasteiger partial charge in [0.15, 0.2) is 5.82 Å². The molecule has 0 unspecified atom stereocenters.